The van der Waals surface area contributed by atoms with E-state index in [1.807, 2.05) is 17.8 Å². The van der Waals surface area contributed by atoms with Crippen molar-refractivity contribution >= 4 is 23.4 Å². The number of hydrogen-bond acceptors (Lipinski definition) is 4. The van der Waals surface area contributed by atoms with Crippen molar-refractivity contribution in [1.82, 2.24) is 0 Å². The number of carboxylic acids is 1. The highest BCUT2D eigenvalue weighted by molar-refractivity contribution is 7.99. The van der Waals surface area contributed by atoms with E-state index in [1.54, 1.807) is 12.1 Å². The molecule has 2 aromatic carbocycles. The van der Waals surface area contributed by atoms with Crippen molar-refractivity contribution in [1.29, 1.82) is 0 Å². The van der Waals surface area contributed by atoms with Gasteiger partial charge in [-0.25, -0.2) is 0 Å². The summed E-state index contributed by atoms with van der Waals surface area (Å²) in [6.07, 6.45) is 7.12. The maximum absolute atomic E-state index is 11.5. The normalized spacial score (nSPS) is 11.9. The first-order chi connectivity index (χ1) is 13.6. The van der Waals surface area contributed by atoms with Crippen LogP contribution in [0.2, 0.25) is 0 Å². The van der Waals surface area contributed by atoms with Crippen molar-refractivity contribution in [2.45, 2.75) is 55.8 Å². The SMILES string of the molecule is O=C(O)C(CCCCCCCCSc1ccccc1)c1ccc([N+](=O)[O-])cc1. The van der Waals surface area contributed by atoms with Crippen molar-refractivity contribution in [3.63, 3.8) is 0 Å². The molecule has 1 atom stereocenters. The largest absolute Gasteiger partial charge is 0.481 e. The molecule has 28 heavy (non-hydrogen) atoms. The van der Waals surface area contributed by atoms with Gasteiger partial charge in [0.2, 0.25) is 0 Å². The van der Waals surface area contributed by atoms with E-state index < -0.39 is 16.8 Å². The predicted octanol–water partition coefficient (Wildman–Crippen LogP) is 6.29. The van der Waals surface area contributed by atoms with Gasteiger partial charge in [-0.15, -0.1) is 11.8 Å². The molecule has 0 saturated carbocycles. The van der Waals surface area contributed by atoms with Gasteiger partial charge in [0.25, 0.3) is 5.69 Å². The van der Waals surface area contributed by atoms with E-state index in [0.717, 1.165) is 25.0 Å². The average molecular weight is 402 g/mol. The molecule has 0 radical (unpaired) electrons. The van der Waals surface area contributed by atoms with Gasteiger partial charge in [0, 0.05) is 17.0 Å². The van der Waals surface area contributed by atoms with Crippen LogP contribution in [0, 0.1) is 10.1 Å². The van der Waals surface area contributed by atoms with E-state index >= 15 is 0 Å². The lowest BCUT2D eigenvalue weighted by molar-refractivity contribution is -0.384. The van der Waals surface area contributed by atoms with Crippen molar-refractivity contribution < 1.29 is 14.8 Å². The van der Waals surface area contributed by atoms with E-state index in [2.05, 4.69) is 24.3 Å². The summed E-state index contributed by atoms with van der Waals surface area (Å²) < 4.78 is 0. The average Bonchev–Trinajstić information content (AvgIpc) is 2.70. The zero-order chi connectivity index (χ0) is 20.2. The van der Waals surface area contributed by atoms with Crippen molar-refractivity contribution in [2.75, 3.05) is 5.75 Å². The molecule has 2 aromatic rings. The predicted molar refractivity (Wildman–Crippen MR) is 113 cm³/mol. The van der Waals surface area contributed by atoms with E-state index in [9.17, 15) is 20.0 Å². The van der Waals surface area contributed by atoms with Gasteiger partial charge in [0.15, 0.2) is 0 Å². The van der Waals surface area contributed by atoms with E-state index in [4.69, 9.17) is 0 Å². The van der Waals surface area contributed by atoms with Gasteiger partial charge < -0.3 is 5.11 Å². The number of thioether (sulfide) groups is 1. The Hall–Kier alpha value is -2.34. The molecule has 6 heteroatoms. The number of rotatable bonds is 13. The molecule has 0 aromatic heterocycles. The van der Waals surface area contributed by atoms with Gasteiger partial charge >= 0.3 is 5.97 Å². The number of non-ortho nitro benzene ring substituents is 1. The first-order valence-corrected chi connectivity index (χ1v) is 10.7. The molecule has 0 saturated heterocycles. The Morgan fingerprint density at radius 2 is 1.54 bits per heavy atom. The van der Waals surface area contributed by atoms with Gasteiger partial charge in [0.1, 0.15) is 0 Å². The summed E-state index contributed by atoms with van der Waals surface area (Å²) >= 11 is 1.89. The third kappa shape index (κ3) is 7.72. The smallest absolute Gasteiger partial charge is 0.310 e. The van der Waals surface area contributed by atoms with E-state index in [-0.39, 0.29) is 5.69 Å². The van der Waals surface area contributed by atoms with Crippen molar-refractivity contribution in [3.8, 4) is 0 Å². The Morgan fingerprint density at radius 1 is 0.929 bits per heavy atom. The van der Waals surface area contributed by atoms with Crippen LogP contribution in [0.4, 0.5) is 5.69 Å². The number of nitro groups is 1. The highest BCUT2D eigenvalue weighted by Crippen LogP contribution is 2.25. The van der Waals surface area contributed by atoms with Gasteiger partial charge in [-0.1, -0.05) is 62.4 Å². The minimum atomic E-state index is -0.869. The fourth-order valence-corrected chi connectivity index (χ4v) is 4.06. The van der Waals surface area contributed by atoms with Gasteiger partial charge in [-0.3, -0.25) is 14.9 Å². The number of carboxylic acid groups (broad SMARTS) is 1. The fraction of sp³-hybridized carbons (Fsp3) is 0.409. The van der Waals surface area contributed by atoms with Crippen molar-refractivity contribution in [3.05, 3.63) is 70.3 Å². The molecule has 1 unspecified atom stereocenters. The van der Waals surface area contributed by atoms with Gasteiger partial charge in [-0.05, 0) is 36.3 Å². The van der Waals surface area contributed by atoms with Crippen molar-refractivity contribution in [2.24, 2.45) is 0 Å². The third-order valence-electron chi connectivity index (χ3n) is 4.70. The standard InChI is InChI=1S/C22H27NO4S/c24-22(25)21(18-13-15-19(16-14-18)23(26)27)12-8-3-1-2-4-9-17-28-20-10-6-5-7-11-20/h5-7,10-11,13-16,21H,1-4,8-9,12,17H2,(H,24,25). The zero-order valence-corrected chi connectivity index (χ0v) is 16.8. The molecule has 0 bridgehead atoms. The molecule has 0 aliphatic rings. The second-order valence-electron chi connectivity index (χ2n) is 6.81. The highest BCUT2D eigenvalue weighted by atomic mass is 32.2. The lowest BCUT2D eigenvalue weighted by Gasteiger charge is -2.12. The number of benzene rings is 2. The summed E-state index contributed by atoms with van der Waals surface area (Å²) in [5.74, 6) is -0.333. The molecule has 0 amide bonds. The van der Waals surface area contributed by atoms with Crippen LogP contribution >= 0.6 is 11.8 Å². The first kappa shape index (κ1) is 22.0. The molecule has 150 valence electrons. The molecule has 0 aliphatic carbocycles. The topological polar surface area (TPSA) is 80.4 Å². The van der Waals surface area contributed by atoms with Crippen LogP contribution in [0.3, 0.4) is 0 Å². The zero-order valence-electron chi connectivity index (χ0n) is 16.0. The molecule has 1 N–H and O–H groups in total. The maximum Gasteiger partial charge on any atom is 0.310 e. The number of nitrogens with zero attached hydrogens (tertiary/aromatic N) is 1. The maximum atomic E-state index is 11.5. The summed E-state index contributed by atoms with van der Waals surface area (Å²) in [6.45, 7) is 0. The van der Waals surface area contributed by atoms with Gasteiger partial charge in [0.05, 0.1) is 10.8 Å². The number of unbranched alkanes of at least 4 members (excludes halogenated alkanes) is 5. The van der Waals surface area contributed by atoms with Crippen LogP contribution in [0.1, 0.15) is 56.4 Å². The Labute approximate surface area is 170 Å². The minimum absolute atomic E-state index is 0.0154. The Kier molecular flexibility index (Phi) is 9.55. The van der Waals surface area contributed by atoms with Crippen LogP contribution in [0.5, 0.6) is 0 Å². The molecule has 0 spiro atoms. The Balaban J connectivity index is 1.60. The van der Waals surface area contributed by atoms with Crippen LogP contribution < -0.4 is 0 Å². The Morgan fingerprint density at radius 3 is 2.14 bits per heavy atom. The van der Waals surface area contributed by atoms with Gasteiger partial charge in [-0.2, -0.15) is 0 Å². The van der Waals surface area contributed by atoms with Crippen LogP contribution in [0.15, 0.2) is 59.5 Å². The molecular weight excluding hydrogens is 374 g/mol. The summed E-state index contributed by atoms with van der Waals surface area (Å²) in [5.41, 5.74) is 0.620. The second kappa shape index (κ2) is 12.2. The Bertz CT molecular complexity index is 734. The number of hydrogen-bond donors (Lipinski definition) is 1. The fourth-order valence-electron chi connectivity index (χ4n) is 3.13. The third-order valence-corrected chi connectivity index (χ3v) is 5.80. The molecule has 0 aliphatic heterocycles. The van der Waals surface area contributed by atoms with E-state index in [1.165, 1.54) is 36.3 Å². The molecule has 0 heterocycles. The summed E-state index contributed by atoms with van der Waals surface area (Å²) in [5, 5.41) is 20.2. The lowest BCUT2D eigenvalue weighted by Crippen LogP contribution is -2.11. The molecule has 0 fully saturated rings. The quantitative estimate of drug-likeness (QED) is 0.185. The summed E-state index contributed by atoms with van der Waals surface area (Å²) in [7, 11) is 0. The van der Waals surface area contributed by atoms with Crippen LogP contribution in [-0.2, 0) is 4.79 Å². The lowest BCUT2D eigenvalue weighted by atomic mass is 9.93. The summed E-state index contributed by atoms with van der Waals surface area (Å²) in [4.78, 5) is 23.1. The van der Waals surface area contributed by atoms with Crippen LogP contribution in [-0.4, -0.2) is 21.8 Å². The number of aliphatic carboxylic acids is 1. The second-order valence-corrected chi connectivity index (χ2v) is 7.98. The molecule has 2 rings (SSSR count). The van der Waals surface area contributed by atoms with Crippen LogP contribution in [0.25, 0.3) is 0 Å². The highest BCUT2D eigenvalue weighted by Gasteiger charge is 2.20. The number of nitro benzene ring substituents is 1. The molecular formula is C22H27NO4S. The first-order valence-electron chi connectivity index (χ1n) is 9.73. The monoisotopic (exact) mass is 401 g/mol. The minimum Gasteiger partial charge on any atom is -0.481 e. The summed E-state index contributed by atoms with van der Waals surface area (Å²) in [6, 6.07) is 16.3. The number of carbonyl (C=O) groups is 1. The molecule has 5 nitrogen and oxygen atoms in total. The van der Waals surface area contributed by atoms with E-state index in [0.29, 0.717) is 12.0 Å².